The molecule has 0 aliphatic rings. The molecule has 0 fully saturated rings. The molecule has 23 heavy (non-hydrogen) atoms. The molecule has 0 aliphatic heterocycles. The number of aryl methyl sites for hydroxylation is 1. The van der Waals surface area contributed by atoms with E-state index in [0.29, 0.717) is 11.3 Å². The highest BCUT2D eigenvalue weighted by Gasteiger charge is 2.07. The summed E-state index contributed by atoms with van der Waals surface area (Å²) in [7, 11) is 1.55. The van der Waals surface area contributed by atoms with Gasteiger partial charge in [0, 0.05) is 24.4 Å². The van der Waals surface area contributed by atoms with Crippen LogP contribution in [0.2, 0.25) is 0 Å². The lowest BCUT2D eigenvalue weighted by Crippen LogP contribution is -2.18. The molecule has 0 saturated carbocycles. The molecule has 0 bridgehead atoms. The molecule has 118 valence electrons. The van der Waals surface area contributed by atoms with E-state index in [1.165, 1.54) is 18.2 Å². The Morgan fingerprint density at radius 2 is 1.78 bits per heavy atom. The Hall–Kier alpha value is -2.95. The van der Waals surface area contributed by atoms with Gasteiger partial charge in [-0.3, -0.25) is 9.59 Å². The van der Waals surface area contributed by atoms with Crippen LogP contribution in [-0.4, -0.2) is 18.9 Å². The van der Waals surface area contributed by atoms with Gasteiger partial charge in [0.05, 0.1) is 0 Å². The summed E-state index contributed by atoms with van der Waals surface area (Å²) in [5.41, 5.74) is 2.61. The second kappa shape index (κ2) is 7.35. The van der Waals surface area contributed by atoms with Gasteiger partial charge in [-0.15, -0.1) is 0 Å². The third-order valence-corrected chi connectivity index (χ3v) is 3.28. The van der Waals surface area contributed by atoms with E-state index in [9.17, 15) is 14.0 Å². The zero-order valence-corrected chi connectivity index (χ0v) is 12.9. The monoisotopic (exact) mass is 312 g/mol. The van der Waals surface area contributed by atoms with Crippen molar-refractivity contribution in [2.24, 2.45) is 0 Å². The van der Waals surface area contributed by atoms with E-state index in [0.717, 1.165) is 11.1 Å². The SMILES string of the molecule is CNC(=O)c1ccc(C)c(NC(=O)/C=C/c2ccc(F)cc2)c1. The number of benzene rings is 2. The second-order valence-corrected chi connectivity index (χ2v) is 4.98. The number of hydrogen-bond acceptors (Lipinski definition) is 2. The van der Waals surface area contributed by atoms with Gasteiger partial charge in [0.25, 0.3) is 5.91 Å². The molecule has 0 saturated heterocycles. The Morgan fingerprint density at radius 1 is 1.09 bits per heavy atom. The molecule has 0 unspecified atom stereocenters. The maximum atomic E-state index is 12.8. The number of nitrogens with one attached hydrogen (secondary N) is 2. The molecule has 0 atom stereocenters. The number of amides is 2. The van der Waals surface area contributed by atoms with Crippen molar-refractivity contribution < 1.29 is 14.0 Å². The Morgan fingerprint density at radius 3 is 2.43 bits per heavy atom. The Labute approximate surface area is 134 Å². The third kappa shape index (κ3) is 4.51. The fraction of sp³-hybridized carbons (Fsp3) is 0.111. The number of anilines is 1. The highest BCUT2D eigenvalue weighted by molar-refractivity contribution is 6.03. The first-order chi connectivity index (χ1) is 11.0. The van der Waals surface area contributed by atoms with E-state index < -0.39 is 0 Å². The maximum Gasteiger partial charge on any atom is 0.251 e. The van der Waals surface area contributed by atoms with Crippen LogP contribution in [0.15, 0.2) is 48.5 Å². The van der Waals surface area contributed by atoms with Gasteiger partial charge >= 0.3 is 0 Å². The summed E-state index contributed by atoms with van der Waals surface area (Å²) in [6.45, 7) is 1.84. The van der Waals surface area contributed by atoms with E-state index in [2.05, 4.69) is 10.6 Å². The molecule has 0 aliphatic carbocycles. The molecular formula is C18H17FN2O2. The predicted octanol–water partition coefficient (Wildman–Crippen LogP) is 3.15. The van der Waals surface area contributed by atoms with Crippen LogP contribution in [0.25, 0.3) is 6.08 Å². The van der Waals surface area contributed by atoms with Gasteiger partial charge in [-0.05, 0) is 48.4 Å². The summed E-state index contributed by atoms with van der Waals surface area (Å²) in [6, 6.07) is 10.9. The number of rotatable bonds is 4. The maximum absolute atomic E-state index is 12.8. The van der Waals surface area contributed by atoms with Gasteiger partial charge in [0.1, 0.15) is 5.82 Å². The summed E-state index contributed by atoms with van der Waals surface area (Å²) in [6.07, 6.45) is 2.95. The minimum atomic E-state index is -0.327. The topological polar surface area (TPSA) is 58.2 Å². The third-order valence-electron chi connectivity index (χ3n) is 3.28. The van der Waals surface area contributed by atoms with Crippen molar-refractivity contribution in [2.45, 2.75) is 6.92 Å². The van der Waals surface area contributed by atoms with Crippen LogP contribution >= 0.6 is 0 Å². The zero-order valence-electron chi connectivity index (χ0n) is 12.9. The largest absolute Gasteiger partial charge is 0.355 e. The van der Waals surface area contributed by atoms with Gasteiger partial charge in [0.2, 0.25) is 5.91 Å². The fourth-order valence-corrected chi connectivity index (χ4v) is 1.96. The molecule has 0 spiro atoms. The lowest BCUT2D eigenvalue weighted by atomic mass is 10.1. The van der Waals surface area contributed by atoms with Crippen molar-refractivity contribution in [1.29, 1.82) is 0 Å². The van der Waals surface area contributed by atoms with Crippen LogP contribution in [0.1, 0.15) is 21.5 Å². The predicted molar refractivity (Wildman–Crippen MR) is 88.6 cm³/mol. The molecule has 2 rings (SSSR count). The first-order valence-corrected chi connectivity index (χ1v) is 7.07. The van der Waals surface area contributed by atoms with Crippen LogP contribution in [0, 0.1) is 12.7 Å². The summed E-state index contributed by atoms with van der Waals surface area (Å²) >= 11 is 0. The molecule has 5 heteroatoms. The van der Waals surface area contributed by atoms with Crippen LogP contribution in [-0.2, 0) is 4.79 Å². The molecular weight excluding hydrogens is 295 g/mol. The van der Waals surface area contributed by atoms with Crippen LogP contribution < -0.4 is 10.6 Å². The number of hydrogen-bond donors (Lipinski definition) is 2. The standard InChI is InChI=1S/C18H17FN2O2/c1-12-3-7-14(18(23)20-2)11-16(12)21-17(22)10-6-13-4-8-15(19)9-5-13/h3-11H,1-2H3,(H,20,23)(H,21,22)/b10-6+. The van der Waals surface area contributed by atoms with Crippen molar-refractivity contribution in [3.05, 3.63) is 71.0 Å². The van der Waals surface area contributed by atoms with Gasteiger partial charge in [0.15, 0.2) is 0 Å². The molecule has 2 N–H and O–H groups in total. The highest BCUT2D eigenvalue weighted by Crippen LogP contribution is 2.17. The molecule has 0 radical (unpaired) electrons. The smallest absolute Gasteiger partial charge is 0.251 e. The van der Waals surface area contributed by atoms with Crippen molar-refractivity contribution in [3.63, 3.8) is 0 Å². The average molecular weight is 312 g/mol. The first-order valence-electron chi connectivity index (χ1n) is 7.07. The van der Waals surface area contributed by atoms with E-state index in [-0.39, 0.29) is 17.6 Å². The van der Waals surface area contributed by atoms with Crippen molar-refractivity contribution in [3.8, 4) is 0 Å². The molecule has 0 aromatic heterocycles. The summed E-state index contributed by atoms with van der Waals surface area (Å²) in [4.78, 5) is 23.6. The van der Waals surface area contributed by atoms with Crippen LogP contribution in [0.5, 0.6) is 0 Å². The molecule has 2 aromatic carbocycles. The van der Waals surface area contributed by atoms with Gasteiger partial charge in [-0.25, -0.2) is 4.39 Å². The van der Waals surface area contributed by atoms with E-state index in [1.54, 1.807) is 43.5 Å². The lowest BCUT2D eigenvalue weighted by Gasteiger charge is -2.08. The Bertz CT molecular complexity index is 752. The van der Waals surface area contributed by atoms with Gasteiger partial charge < -0.3 is 10.6 Å². The molecule has 2 aromatic rings. The normalized spacial score (nSPS) is 10.6. The molecule has 2 amide bonds. The van der Waals surface area contributed by atoms with Crippen LogP contribution in [0.4, 0.5) is 10.1 Å². The summed E-state index contributed by atoms with van der Waals surface area (Å²) < 4.78 is 12.8. The van der Waals surface area contributed by atoms with Crippen molar-refractivity contribution >= 4 is 23.6 Å². The zero-order chi connectivity index (χ0) is 16.8. The Balaban J connectivity index is 2.10. The average Bonchev–Trinajstić information content (AvgIpc) is 2.55. The minimum Gasteiger partial charge on any atom is -0.355 e. The molecule has 4 nitrogen and oxygen atoms in total. The number of carbonyl (C=O) groups is 2. The van der Waals surface area contributed by atoms with Crippen LogP contribution in [0.3, 0.4) is 0 Å². The lowest BCUT2D eigenvalue weighted by molar-refractivity contribution is -0.111. The minimum absolute atomic E-state index is 0.220. The number of halogens is 1. The van der Waals surface area contributed by atoms with E-state index >= 15 is 0 Å². The fourth-order valence-electron chi connectivity index (χ4n) is 1.96. The Kier molecular flexibility index (Phi) is 5.25. The van der Waals surface area contributed by atoms with Crippen molar-refractivity contribution in [1.82, 2.24) is 5.32 Å². The number of carbonyl (C=O) groups excluding carboxylic acids is 2. The van der Waals surface area contributed by atoms with Gasteiger partial charge in [-0.1, -0.05) is 18.2 Å². The quantitative estimate of drug-likeness (QED) is 0.852. The second-order valence-electron chi connectivity index (χ2n) is 4.98. The van der Waals surface area contributed by atoms with E-state index in [1.807, 2.05) is 6.92 Å². The summed E-state index contributed by atoms with van der Waals surface area (Å²) in [5, 5.41) is 5.27. The molecule has 0 heterocycles. The summed E-state index contributed by atoms with van der Waals surface area (Å²) in [5.74, 6) is -0.873. The van der Waals surface area contributed by atoms with Crippen molar-refractivity contribution in [2.75, 3.05) is 12.4 Å². The van der Waals surface area contributed by atoms with Gasteiger partial charge in [-0.2, -0.15) is 0 Å². The van der Waals surface area contributed by atoms with E-state index in [4.69, 9.17) is 0 Å². The first kappa shape index (κ1) is 16.4. The highest BCUT2D eigenvalue weighted by atomic mass is 19.1.